The standard InChI is InChI=1S/C11H9O4/c12-4-3-7-1-2-8-9(13)6-11(14)15-10(8)5-7/h1-2,5,12-13H,3-4H2. The van der Waals surface area contributed by atoms with Crippen LogP contribution in [0, 0.1) is 6.07 Å². The number of rotatable bonds is 2. The highest BCUT2D eigenvalue weighted by Gasteiger charge is 2.05. The molecule has 15 heavy (non-hydrogen) atoms. The van der Waals surface area contributed by atoms with Gasteiger partial charge in [-0.1, -0.05) is 6.07 Å². The Labute approximate surface area is 85.4 Å². The van der Waals surface area contributed by atoms with Crippen molar-refractivity contribution in [3.8, 4) is 5.75 Å². The molecule has 0 atom stereocenters. The van der Waals surface area contributed by atoms with Crippen LogP contribution in [-0.4, -0.2) is 16.8 Å². The summed E-state index contributed by atoms with van der Waals surface area (Å²) >= 11 is 0. The highest BCUT2D eigenvalue weighted by molar-refractivity contribution is 5.82. The van der Waals surface area contributed by atoms with Crippen molar-refractivity contribution in [3.63, 3.8) is 0 Å². The van der Waals surface area contributed by atoms with Crippen LogP contribution in [0.1, 0.15) is 5.56 Å². The van der Waals surface area contributed by atoms with Crippen LogP contribution in [0.5, 0.6) is 5.75 Å². The summed E-state index contributed by atoms with van der Waals surface area (Å²) in [6, 6.07) is 7.16. The van der Waals surface area contributed by atoms with Crippen molar-refractivity contribution in [2.45, 2.75) is 6.42 Å². The summed E-state index contributed by atoms with van der Waals surface area (Å²) in [7, 11) is 0. The SMILES string of the molecule is O=c1[c]c(O)c2ccc(CCO)cc2o1. The van der Waals surface area contributed by atoms with Gasteiger partial charge in [0.05, 0.1) is 5.39 Å². The lowest BCUT2D eigenvalue weighted by Crippen LogP contribution is -1.97. The van der Waals surface area contributed by atoms with Gasteiger partial charge in [0.2, 0.25) is 0 Å². The minimum Gasteiger partial charge on any atom is -0.506 e. The van der Waals surface area contributed by atoms with Gasteiger partial charge in [0.15, 0.2) is 0 Å². The Balaban J connectivity index is 2.65. The molecule has 0 aliphatic carbocycles. The van der Waals surface area contributed by atoms with Crippen LogP contribution in [0.15, 0.2) is 27.4 Å². The summed E-state index contributed by atoms with van der Waals surface area (Å²) in [5.41, 5.74) is 0.446. The number of aromatic hydroxyl groups is 1. The molecule has 2 aromatic rings. The van der Waals surface area contributed by atoms with Gasteiger partial charge in [-0.3, -0.25) is 0 Å². The molecule has 0 bridgehead atoms. The van der Waals surface area contributed by atoms with Crippen LogP contribution >= 0.6 is 0 Å². The lowest BCUT2D eigenvalue weighted by molar-refractivity contribution is 0.299. The zero-order valence-electron chi connectivity index (χ0n) is 7.86. The number of fused-ring (bicyclic) bond motifs is 1. The molecule has 0 aliphatic heterocycles. The van der Waals surface area contributed by atoms with E-state index in [1.54, 1.807) is 18.2 Å². The number of benzene rings is 1. The summed E-state index contributed by atoms with van der Waals surface area (Å²) in [5, 5.41) is 18.6. The first-order valence-corrected chi connectivity index (χ1v) is 4.49. The van der Waals surface area contributed by atoms with Crippen molar-refractivity contribution in [2.24, 2.45) is 0 Å². The largest absolute Gasteiger partial charge is 0.506 e. The molecular formula is C11H9O4. The van der Waals surface area contributed by atoms with E-state index in [0.717, 1.165) is 5.56 Å². The third-order valence-corrected chi connectivity index (χ3v) is 2.12. The molecule has 0 spiro atoms. The van der Waals surface area contributed by atoms with Crippen molar-refractivity contribution < 1.29 is 14.6 Å². The fraction of sp³-hybridized carbons (Fsp3) is 0.182. The highest BCUT2D eigenvalue weighted by Crippen LogP contribution is 2.22. The molecule has 2 N–H and O–H groups in total. The minimum atomic E-state index is -0.707. The Morgan fingerprint density at radius 1 is 1.40 bits per heavy atom. The van der Waals surface area contributed by atoms with Gasteiger partial charge in [0, 0.05) is 6.61 Å². The normalized spacial score (nSPS) is 10.7. The second kappa shape index (κ2) is 3.74. The maximum atomic E-state index is 10.9. The molecule has 1 aromatic heterocycles. The van der Waals surface area contributed by atoms with Gasteiger partial charge in [-0.25, -0.2) is 4.79 Å². The Morgan fingerprint density at radius 2 is 2.20 bits per heavy atom. The molecule has 0 saturated carbocycles. The quantitative estimate of drug-likeness (QED) is 0.712. The van der Waals surface area contributed by atoms with Gasteiger partial charge < -0.3 is 14.6 Å². The van der Waals surface area contributed by atoms with Crippen molar-refractivity contribution in [1.82, 2.24) is 0 Å². The lowest BCUT2D eigenvalue weighted by atomic mass is 10.1. The summed E-state index contributed by atoms with van der Waals surface area (Å²) in [5.74, 6) is -0.211. The fourth-order valence-electron chi connectivity index (χ4n) is 1.42. The summed E-state index contributed by atoms with van der Waals surface area (Å²) in [4.78, 5) is 10.9. The zero-order chi connectivity index (χ0) is 10.8. The van der Waals surface area contributed by atoms with E-state index in [-0.39, 0.29) is 12.4 Å². The highest BCUT2D eigenvalue weighted by atomic mass is 16.4. The second-order valence-corrected chi connectivity index (χ2v) is 3.17. The van der Waals surface area contributed by atoms with E-state index >= 15 is 0 Å². The molecule has 4 heteroatoms. The summed E-state index contributed by atoms with van der Waals surface area (Å²) in [6.45, 7) is 0.0285. The minimum absolute atomic E-state index is 0.0285. The van der Waals surface area contributed by atoms with Crippen LogP contribution in [0.3, 0.4) is 0 Å². The van der Waals surface area contributed by atoms with Gasteiger partial charge in [-0.15, -0.1) is 0 Å². The van der Waals surface area contributed by atoms with Crippen molar-refractivity contribution in [2.75, 3.05) is 6.61 Å². The molecule has 0 amide bonds. The third-order valence-electron chi connectivity index (χ3n) is 2.12. The van der Waals surface area contributed by atoms with Gasteiger partial charge in [0.1, 0.15) is 17.4 Å². The molecule has 0 fully saturated rings. The van der Waals surface area contributed by atoms with Crippen molar-refractivity contribution in [1.29, 1.82) is 0 Å². The molecule has 77 valence electrons. The number of hydrogen-bond acceptors (Lipinski definition) is 4. The van der Waals surface area contributed by atoms with Gasteiger partial charge in [-0.2, -0.15) is 0 Å². The van der Waals surface area contributed by atoms with Crippen LogP contribution < -0.4 is 5.63 Å². The molecule has 1 heterocycles. The first-order valence-electron chi connectivity index (χ1n) is 4.49. The Hall–Kier alpha value is -1.81. The molecule has 1 radical (unpaired) electrons. The summed E-state index contributed by atoms with van der Waals surface area (Å²) in [6.07, 6.45) is 0.485. The van der Waals surface area contributed by atoms with E-state index in [1.807, 2.05) is 0 Å². The third kappa shape index (κ3) is 1.85. The molecule has 1 aromatic carbocycles. The number of hydrogen-bond donors (Lipinski definition) is 2. The van der Waals surface area contributed by atoms with E-state index in [4.69, 9.17) is 9.52 Å². The monoisotopic (exact) mass is 205 g/mol. The first kappa shape index (κ1) is 9.73. The predicted octanol–water partition coefficient (Wildman–Crippen LogP) is 0.834. The number of aliphatic hydroxyl groups is 1. The van der Waals surface area contributed by atoms with Crippen LogP contribution in [0.4, 0.5) is 0 Å². The number of aliphatic hydroxyl groups excluding tert-OH is 1. The van der Waals surface area contributed by atoms with Crippen molar-refractivity contribution in [3.05, 3.63) is 40.2 Å². The second-order valence-electron chi connectivity index (χ2n) is 3.17. The van der Waals surface area contributed by atoms with E-state index in [1.165, 1.54) is 0 Å². The smallest absolute Gasteiger partial charge is 0.348 e. The maximum absolute atomic E-state index is 10.9. The Morgan fingerprint density at radius 3 is 2.93 bits per heavy atom. The lowest BCUT2D eigenvalue weighted by Gasteiger charge is -2.01. The van der Waals surface area contributed by atoms with Crippen LogP contribution in [0.2, 0.25) is 0 Å². The van der Waals surface area contributed by atoms with Crippen LogP contribution in [-0.2, 0) is 6.42 Å². The van der Waals surface area contributed by atoms with Crippen LogP contribution in [0.25, 0.3) is 11.0 Å². The van der Waals surface area contributed by atoms with E-state index in [9.17, 15) is 9.90 Å². The van der Waals surface area contributed by atoms with Gasteiger partial charge in [-0.05, 0) is 24.1 Å². The molecule has 2 rings (SSSR count). The average molecular weight is 205 g/mol. The predicted molar refractivity (Wildman–Crippen MR) is 53.8 cm³/mol. The zero-order valence-corrected chi connectivity index (χ0v) is 7.86. The average Bonchev–Trinajstić information content (AvgIpc) is 2.17. The summed E-state index contributed by atoms with van der Waals surface area (Å²) < 4.78 is 4.88. The van der Waals surface area contributed by atoms with E-state index < -0.39 is 5.63 Å². The Kier molecular flexibility index (Phi) is 2.43. The Bertz CT molecular complexity index is 542. The molecule has 0 unspecified atom stereocenters. The van der Waals surface area contributed by atoms with E-state index in [0.29, 0.717) is 17.4 Å². The first-order chi connectivity index (χ1) is 7.20. The molecular weight excluding hydrogens is 196 g/mol. The fourth-order valence-corrected chi connectivity index (χ4v) is 1.42. The maximum Gasteiger partial charge on any atom is 0.348 e. The van der Waals surface area contributed by atoms with E-state index in [2.05, 4.69) is 6.07 Å². The molecule has 4 nitrogen and oxygen atoms in total. The van der Waals surface area contributed by atoms with Crippen molar-refractivity contribution >= 4 is 11.0 Å². The topological polar surface area (TPSA) is 70.7 Å². The van der Waals surface area contributed by atoms with Gasteiger partial charge >= 0.3 is 5.63 Å². The molecule has 0 aliphatic rings. The van der Waals surface area contributed by atoms with Gasteiger partial charge in [0.25, 0.3) is 0 Å². The molecule has 0 saturated heterocycles.